The highest BCUT2D eigenvalue weighted by Gasteiger charge is 2.08. The Labute approximate surface area is 112 Å². The maximum atomic E-state index is 10.1. The summed E-state index contributed by atoms with van der Waals surface area (Å²) in [7, 11) is 1.42. The van der Waals surface area contributed by atoms with Gasteiger partial charge in [0.05, 0.1) is 0 Å². The molecule has 5 nitrogen and oxygen atoms in total. The van der Waals surface area contributed by atoms with E-state index in [1.807, 2.05) is 12.1 Å². The number of benzene rings is 1. The smallest absolute Gasteiger partial charge is 0.407 e. The minimum absolute atomic E-state index is 0.181. The van der Waals surface area contributed by atoms with E-state index < -0.39 is 6.09 Å². The van der Waals surface area contributed by atoms with Crippen LogP contribution >= 0.6 is 0 Å². The van der Waals surface area contributed by atoms with Gasteiger partial charge in [-0.15, -0.1) is 0 Å². The van der Waals surface area contributed by atoms with E-state index in [9.17, 15) is 14.7 Å². The predicted molar refractivity (Wildman–Crippen MR) is 71.2 cm³/mol. The molecule has 1 aromatic rings. The molecule has 0 aliphatic heterocycles. The zero-order chi connectivity index (χ0) is 14.1. The molecule has 1 aliphatic carbocycles. The summed E-state index contributed by atoms with van der Waals surface area (Å²) >= 11 is 0. The van der Waals surface area contributed by atoms with E-state index >= 15 is 0 Å². The number of carbonyl (C=O) groups is 2. The third kappa shape index (κ3) is 5.42. The lowest BCUT2D eigenvalue weighted by atomic mass is 9.92. The largest absolute Gasteiger partial charge is 0.508 e. The molecule has 0 radical (unpaired) electrons. The molecule has 5 heteroatoms. The van der Waals surface area contributed by atoms with Crippen LogP contribution in [0.15, 0.2) is 18.2 Å². The highest BCUT2D eigenvalue weighted by atomic mass is 16.5. The van der Waals surface area contributed by atoms with Crippen LogP contribution in [0.2, 0.25) is 0 Å². The molecule has 1 aromatic carbocycles. The minimum Gasteiger partial charge on any atom is -0.508 e. The fraction of sp³-hybridized carbons (Fsp3) is 0.429. The summed E-state index contributed by atoms with van der Waals surface area (Å²) in [5.74, 6) is 0.408. The van der Waals surface area contributed by atoms with Gasteiger partial charge in [-0.2, -0.15) is 0 Å². The monoisotopic (exact) mass is 265 g/mol. The first-order valence-electron chi connectivity index (χ1n) is 6.26. The molecular formula is C14H19NO4. The number of fused-ring (bicyclic) bond motifs is 1. The van der Waals surface area contributed by atoms with Crippen molar-refractivity contribution in [2.45, 2.75) is 25.7 Å². The van der Waals surface area contributed by atoms with Gasteiger partial charge in [0, 0.05) is 7.05 Å². The highest BCUT2D eigenvalue weighted by molar-refractivity contribution is 5.68. The molecule has 2 N–H and O–H groups in total. The second-order valence-corrected chi connectivity index (χ2v) is 4.18. The topological polar surface area (TPSA) is 75.6 Å². The molecule has 1 aliphatic rings. The van der Waals surface area contributed by atoms with Crippen molar-refractivity contribution in [2.24, 2.45) is 0 Å². The van der Waals surface area contributed by atoms with Gasteiger partial charge in [0.15, 0.2) is 6.29 Å². The molecule has 0 aromatic heterocycles. The quantitative estimate of drug-likeness (QED) is 0.800. The van der Waals surface area contributed by atoms with Crippen LogP contribution in [0.5, 0.6) is 5.75 Å². The van der Waals surface area contributed by atoms with Crippen LogP contribution in [0.25, 0.3) is 0 Å². The van der Waals surface area contributed by atoms with Gasteiger partial charge < -0.3 is 15.2 Å². The second-order valence-electron chi connectivity index (χ2n) is 4.18. The number of hydrogen-bond donors (Lipinski definition) is 2. The molecule has 0 fully saturated rings. The molecule has 0 atom stereocenters. The molecule has 1 amide bonds. The van der Waals surface area contributed by atoms with Gasteiger partial charge in [0.2, 0.25) is 0 Å². The van der Waals surface area contributed by atoms with Gasteiger partial charge in [-0.3, -0.25) is 4.79 Å². The van der Waals surface area contributed by atoms with E-state index in [0.29, 0.717) is 12.0 Å². The Bertz CT molecular complexity index is 431. The zero-order valence-electron chi connectivity index (χ0n) is 11.0. The van der Waals surface area contributed by atoms with Crippen LogP contribution in [0.1, 0.15) is 24.0 Å². The average Bonchev–Trinajstić information content (AvgIpc) is 2.45. The van der Waals surface area contributed by atoms with Gasteiger partial charge in [-0.1, -0.05) is 6.07 Å². The molecule has 0 unspecified atom stereocenters. The number of aryl methyl sites for hydroxylation is 2. The standard InChI is InChI=1S/C10H12O.C4H7NO3/c11-10-6-5-8-3-1-2-4-9(8)7-10;1-5-4(7)8-3-2-6/h5-7,11H,1-4H2;2H,3H2,1H3,(H,5,7). The Morgan fingerprint density at radius 1 is 1.37 bits per heavy atom. The maximum Gasteiger partial charge on any atom is 0.407 e. The molecule has 0 bridgehead atoms. The summed E-state index contributed by atoms with van der Waals surface area (Å²) in [4.78, 5) is 19.6. The Hall–Kier alpha value is -2.04. The van der Waals surface area contributed by atoms with E-state index in [1.54, 1.807) is 6.07 Å². The first-order valence-corrected chi connectivity index (χ1v) is 6.26. The molecule has 0 saturated heterocycles. The number of carbonyl (C=O) groups excluding carboxylic acids is 2. The van der Waals surface area contributed by atoms with Crippen molar-refractivity contribution in [1.29, 1.82) is 0 Å². The SMILES string of the molecule is CNC(=O)OCC=O.Oc1ccc2c(c1)CCCC2. The van der Waals surface area contributed by atoms with Crippen molar-refractivity contribution in [1.82, 2.24) is 5.32 Å². The van der Waals surface area contributed by atoms with Gasteiger partial charge in [0.1, 0.15) is 12.4 Å². The lowest BCUT2D eigenvalue weighted by Gasteiger charge is -2.14. The number of phenols is 1. The normalized spacial score (nSPS) is 12.5. The lowest BCUT2D eigenvalue weighted by molar-refractivity contribution is -0.110. The summed E-state index contributed by atoms with van der Waals surface area (Å²) in [5, 5.41) is 11.4. The van der Waals surface area contributed by atoms with Crippen molar-refractivity contribution >= 4 is 12.4 Å². The van der Waals surface area contributed by atoms with Gasteiger partial charge in [0.25, 0.3) is 0 Å². The summed E-state index contributed by atoms with van der Waals surface area (Å²) in [6.45, 7) is -0.181. The van der Waals surface area contributed by atoms with E-state index in [0.717, 1.165) is 6.42 Å². The number of nitrogens with one attached hydrogen (secondary N) is 1. The number of hydrogen-bond acceptors (Lipinski definition) is 4. The molecule has 0 heterocycles. The molecule has 0 spiro atoms. The number of aldehydes is 1. The molecule has 104 valence electrons. The molecular weight excluding hydrogens is 246 g/mol. The predicted octanol–water partition coefficient (Wildman–Crippen LogP) is 1.81. The zero-order valence-corrected chi connectivity index (χ0v) is 11.0. The number of alkyl carbamates (subject to hydrolysis) is 1. The van der Waals surface area contributed by atoms with Crippen molar-refractivity contribution in [2.75, 3.05) is 13.7 Å². The Morgan fingerprint density at radius 2 is 2.05 bits per heavy atom. The lowest BCUT2D eigenvalue weighted by Crippen LogP contribution is -2.19. The summed E-state index contributed by atoms with van der Waals surface area (Å²) in [6.07, 6.45) is 4.83. The van der Waals surface area contributed by atoms with Crippen LogP contribution in [0, 0.1) is 0 Å². The molecule has 0 saturated carbocycles. The van der Waals surface area contributed by atoms with Gasteiger partial charge in [-0.25, -0.2) is 4.79 Å². The fourth-order valence-corrected chi connectivity index (χ4v) is 1.90. The van der Waals surface area contributed by atoms with E-state index in [1.165, 1.54) is 37.4 Å². The van der Waals surface area contributed by atoms with Crippen molar-refractivity contribution < 1.29 is 19.4 Å². The number of ether oxygens (including phenoxy) is 1. The highest BCUT2D eigenvalue weighted by Crippen LogP contribution is 2.24. The van der Waals surface area contributed by atoms with E-state index in [2.05, 4.69) is 10.1 Å². The summed E-state index contributed by atoms with van der Waals surface area (Å²) in [5.41, 5.74) is 2.77. The van der Waals surface area contributed by atoms with Crippen LogP contribution < -0.4 is 5.32 Å². The maximum absolute atomic E-state index is 10.1. The Kier molecular flexibility index (Phi) is 6.43. The second kappa shape index (κ2) is 8.13. The van der Waals surface area contributed by atoms with E-state index in [4.69, 9.17) is 0 Å². The number of phenolic OH excluding ortho intramolecular Hbond substituents is 1. The van der Waals surface area contributed by atoms with Crippen molar-refractivity contribution in [3.05, 3.63) is 29.3 Å². The van der Waals surface area contributed by atoms with Gasteiger partial charge >= 0.3 is 6.09 Å². The van der Waals surface area contributed by atoms with Crippen LogP contribution in [-0.2, 0) is 22.4 Å². The minimum atomic E-state index is -0.586. The molecule has 19 heavy (non-hydrogen) atoms. The number of rotatable bonds is 2. The summed E-state index contributed by atoms with van der Waals surface area (Å²) < 4.78 is 4.22. The Balaban J connectivity index is 0.000000203. The van der Waals surface area contributed by atoms with E-state index in [-0.39, 0.29) is 6.61 Å². The summed E-state index contributed by atoms with van der Waals surface area (Å²) in [6, 6.07) is 5.72. The Morgan fingerprint density at radius 3 is 2.68 bits per heavy atom. The first-order chi connectivity index (χ1) is 9.17. The third-order valence-corrected chi connectivity index (χ3v) is 2.82. The third-order valence-electron chi connectivity index (χ3n) is 2.82. The van der Waals surface area contributed by atoms with Crippen LogP contribution in [0.4, 0.5) is 4.79 Å². The number of amides is 1. The van der Waals surface area contributed by atoms with Crippen molar-refractivity contribution in [3.63, 3.8) is 0 Å². The van der Waals surface area contributed by atoms with Crippen molar-refractivity contribution in [3.8, 4) is 5.75 Å². The first kappa shape index (κ1) is 15.0. The molecule has 2 rings (SSSR count). The van der Waals surface area contributed by atoms with Gasteiger partial charge in [-0.05, 0) is 48.9 Å². The van der Waals surface area contributed by atoms with Crippen LogP contribution in [0.3, 0.4) is 0 Å². The average molecular weight is 265 g/mol. The fourth-order valence-electron chi connectivity index (χ4n) is 1.90. The van der Waals surface area contributed by atoms with Crippen LogP contribution in [-0.4, -0.2) is 31.1 Å². The number of aromatic hydroxyl groups is 1.